The van der Waals surface area contributed by atoms with Gasteiger partial charge in [-0.2, -0.15) is 0 Å². The van der Waals surface area contributed by atoms with Crippen LogP contribution in [0.2, 0.25) is 0 Å². The van der Waals surface area contributed by atoms with Gasteiger partial charge in [-0.3, -0.25) is 0 Å². The molecule has 0 saturated carbocycles. The van der Waals surface area contributed by atoms with Crippen LogP contribution in [0.1, 0.15) is 22.8 Å². The lowest BCUT2D eigenvalue weighted by Gasteiger charge is -2.12. The van der Waals surface area contributed by atoms with Gasteiger partial charge in [0.05, 0.1) is 71.7 Å². The van der Waals surface area contributed by atoms with Crippen molar-refractivity contribution in [1.82, 2.24) is 39.5 Å². The quantitative estimate of drug-likeness (QED) is 0.0400. The molecule has 0 unspecified atom stereocenters. The third-order valence-electron chi connectivity index (χ3n) is 12.3. The number of aliphatic imine (C=N–C) groups is 4. The topological polar surface area (TPSA) is 201 Å². The van der Waals surface area contributed by atoms with E-state index in [4.69, 9.17) is 29.9 Å². The molecule has 76 heavy (non-hydrogen) atoms. The Morgan fingerprint density at radius 3 is 0.763 bits per heavy atom. The minimum absolute atomic E-state index is 0.0539. The fourth-order valence-electron chi connectivity index (χ4n) is 9.30. The lowest BCUT2D eigenvalue weighted by atomic mass is 10.0. The summed E-state index contributed by atoms with van der Waals surface area (Å²) < 4.78 is 0. The summed E-state index contributed by atoms with van der Waals surface area (Å²) in [5.41, 5.74) is 13.0. The van der Waals surface area contributed by atoms with E-state index in [0.717, 1.165) is 0 Å². The average molecular weight is 1020 g/mol. The minimum Gasteiger partial charge on any atom is -0.495 e. The largest absolute Gasteiger partial charge is 0.495 e. The number of benzene rings is 4. The number of aliphatic hydroxyl groups excluding tert-OH is 4. The van der Waals surface area contributed by atoms with Gasteiger partial charge in [0.2, 0.25) is 23.6 Å². The number of nitrogens with zero attached hydrogens (tertiary/aromatic N) is 10. The zero-order chi connectivity index (χ0) is 53.6. The Morgan fingerprint density at radius 1 is 0.342 bits per heavy atom. The zero-order valence-electron chi connectivity index (χ0n) is 43.9. The van der Waals surface area contributed by atoms with Gasteiger partial charge in [0, 0.05) is 66.6 Å². The van der Waals surface area contributed by atoms with Crippen molar-refractivity contribution in [3.8, 4) is 44.5 Å². The maximum absolute atomic E-state index is 11.2. The predicted molar refractivity (Wildman–Crippen MR) is 314 cm³/mol. The molecule has 0 saturated heterocycles. The van der Waals surface area contributed by atoms with Gasteiger partial charge in [0.15, 0.2) is 0 Å². The van der Waals surface area contributed by atoms with Crippen LogP contribution in [0.5, 0.6) is 0 Å². The van der Waals surface area contributed by atoms with E-state index in [1.165, 1.54) is 0 Å². The molecule has 5 heterocycles. The second kappa shape index (κ2) is 22.8. The smallest absolute Gasteiger partial charge is 0.200 e. The van der Waals surface area contributed by atoms with Crippen LogP contribution in [0.3, 0.4) is 0 Å². The number of H-pyrrole nitrogens is 2. The predicted octanol–water partition coefficient (Wildman–Crippen LogP) is 11.9. The minimum atomic E-state index is -0.0539. The maximum Gasteiger partial charge on any atom is 0.200 e. The number of aliphatic hydroxyl groups is 4. The van der Waals surface area contributed by atoms with E-state index >= 15 is 0 Å². The van der Waals surface area contributed by atoms with Crippen molar-refractivity contribution in [2.75, 3.05) is 82.6 Å². The van der Waals surface area contributed by atoms with Gasteiger partial charge in [0.1, 0.15) is 0 Å². The molecule has 0 spiro atoms. The third kappa shape index (κ3) is 11.8. The monoisotopic (exact) mass is 1010 g/mol. The van der Waals surface area contributed by atoms with E-state index < -0.39 is 0 Å². The number of likely N-dealkylation sites (N-methyl/N-ethyl adjacent to an activating group) is 4. The molecule has 3 aromatic heterocycles. The first kappa shape index (κ1) is 52.1. The van der Waals surface area contributed by atoms with Crippen LogP contribution in [0.4, 0.5) is 22.7 Å². The fraction of sp³-hybridized carbons (Fsp3) is 0.200. The molecule has 8 bridgehead atoms. The second-order valence-electron chi connectivity index (χ2n) is 19.6. The summed E-state index contributed by atoms with van der Waals surface area (Å²) in [7, 11) is 15.0. The van der Waals surface area contributed by atoms with Crippen LogP contribution in [0.15, 0.2) is 141 Å². The van der Waals surface area contributed by atoms with Gasteiger partial charge in [0.25, 0.3) is 0 Å². The van der Waals surface area contributed by atoms with E-state index in [9.17, 15) is 20.4 Å². The number of fused-ring (bicyclic) bond motifs is 8. The van der Waals surface area contributed by atoms with Crippen molar-refractivity contribution in [2.24, 2.45) is 20.0 Å². The number of hydrogen-bond acceptors (Lipinski definition) is 10. The number of rotatable bonds is 16. The van der Waals surface area contributed by atoms with Gasteiger partial charge in [-0.15, -0.1) is 0 Å². The summed E-state index contributed by atoms with van der Waals surface area (Å²) in [5, 5.41) is 44.8. The average Bonchev–Trinajstić information content (AvgIpc) is 4.27. The fourth-order valence-corrected chi connectivity index (χ4v) is 9.30. The number of aromatic nitrogens is 4. The van der Waals surface area contributed by atoms with Gasteiger partial charge in [-0.25, -0.2) is 29.9 Å². The highest BCUT2D eigenvalue weighted by molar-refractivity contribution is 6.04. The summed E-state index contributed by atoms with van der Waals surface area (Å²) in [5.74, 6) is -0.216. The van der Waals surface area contributed by atoms with Gasteiger partial charge >= 0.3 is 0 Å². The van der Waals surface area contributed by atoms with E-state index in [1.807, 2.05) is 222 Å². The molecule has 7 aromatic rings. The van der Waals surface area contributed by atoms with Crippen LogP contribution in [0.25, 0.3) is 90.9 Å². The molecule has 0 aliphatic carbocycles. The van der Waals surface area contributed by atoms with Crippen LogP contribution in [0, 0.1) is 0 Å². The summed E-state index contributed by atoms with van der Waals surface area (Å²) >= 11 is 0. The SMILES string of the molecule is CN(C)CC(O)=Nc1ccccc1-c1c2nc(c(-c3ccccc3N=C(O)CN(C)C)c3ccc([nH]3)c(-c3ccccc3N=C(O)CN(C)C)c3nc(c(-c4ccccc4N=C(O)CN(C)C)c4ccc1[nH]4)C=C3)C=C2. The molecule has 386 valence electrons. The standard InChI is InChI=1S/C60H62N12O4/c1-69(2)33-53(73)65-41-21-13-9-17-37(41)57-45-25-27-47(61-45)58(38-18-10-14-22-42(38)66-54(74)34-70(3)4)49-29-31-51(63-49)60(40-20-12-16-24-44(40)68-56(76)36-72(7)8)52-32-30-50(64-52)59(48-28-26-46(57)62-48)39-19-11-15-23-43(39)67-55(75)35-71(5)6/h9-32,61,64H,33-36H2,1-8H3,(H,65,73)(H,66,74)(H,67,75)(H,68,76). The number of hydrogen-bond donors (Lipinski definition) is 6. The van der Waals surface area contributed by atoms with Crippen LogP contribution in [-0.2, 0) is 0 Å². The third-order valence-corrected chi connectivity index (χ3v) is 12.3. The summed E-state index contributed by atoms with van der Waals surface area (Å²) in [4.78, 5) is 45.0. The van der Waals surface area contributed by atoms with E-state index in [-0.39, 0.29) is 49.8 Å². The summed E-state index contributed by atoms with van der Waals surface area (Å²) in [6, 6.07) is 38.7. The molecule has 0 fully saturated rings. The Labute approximate surface area is 442 Å². The summed E-state index contributed by atoms with van der Waals surface area (Å²) in [6.45, 7) is 0.918. The number of para-hydroxylation sites is 4. The molecule has 9 rings (SSSR count). The maximum atomic E-state index is 11.2. The first-order valence-electron chi connectivity index (χ1n) is 24.8. The highest BCUT2D eigenvalue weighted by Crippen LogP contribution is 2.44. The van der Waals surface area contributed by atoms with Crippen LogP contribution >= 0.6 is 0 Å². The van der Waals surface area contributed by atoms with Crippen molar-refractivity contribution in [3.63, 3.8) is 0 Å². The summed E-state index contributed by atoms with van der Waals surface area (Å²) in [6.07, 6.45) is 7.89. The molecule has 16 nitrogen and oxygen atoms in total. The van der Waals surface area contributed by atoms with Crippen molar-refractivity contribution in [2.45, 2.75) is 0 Å². The molecular formula is C60H62N12O4. The molecule has 0 radical (unpaired) electrons. The molecule has 0 amide bonds. The van der Waals surface area contributed by atoms with E-state index in [1.54, 1.807) is 0 Å². The highest BCUT2D eigenvalue weighted by atomic mass is 16.3. The molecule has 0 atom stereocenters. The normalized spacial score (nSPS) is 13.3. The Morgan fingerprint density at radius 2 is 0.553 bits per heavy atom. The molecular weight excluding hydrogens is 953 g/mol. The van der Waals surface area contributed by atoms with Crippen LogP contribution < -0.4 is 0 Å². The molecule has 16 heteroatoms. The molecule has 6 N–H and O–H groups in total. The van der Waals surface area contributed by atoms with Gasteiger partial charge in [-0.1, -0.05) is 72.8 Å². The Balaban J connectivity index is 1.48. The first-order chi connectivity index (χ1) is 36.6. The Hall–Kier alpha value is -8.80. The number of aromatic amines is 2. The van der Waals surface area contributed by atoms with Crippen LogP contribution in [-0.4, -0.2) is 166 Å². The molecule has 2 aliphatic heterocycles. The molecule has 4 aromatic carbocycles. The van der Waals surface area contributed by atoms with Crippen molar-refractivity contribution in [1.29, 1.82) is 0 Å². The van der Waals surface area contributed by atoms with Crippen molar-refractivity contribution in [3.05, 3.63) is 144 Å². The zero-order valence-corrected chi connectivity index (χ0v) is 43.9. The number of nitrogens with one attached hydrogen (secondary N) is 2. The van der Waals surface area contributed by atoms with E-state index in [0.29, 0.717) is 112 Å². The van der Waals surface area contributed by atoms with Crippen molar-refractivity contribution >= 4 is 92.7 Å². The lowest BCUT2D eigenvalue weighted by molar-refractivity contribution is 0.421. The van der Waals surface area contributed by atoms with Gasteiger partial charge < -0.3 is 50.0 Å². The van der Waals surface area contributed by atoms with Crippen molar-refractivity contribution < 1.29 is 20.4 Å². The highest BCUT2D eigenvalue weighted by Gasteiger charge is 2.23. The Kier molecular flexibility index (Phi) is 15.6. The molecule has 2 aliphatic rings. The second-order valence-corrected chi connectivity index (χ2v) is 19.6. The lowest BCUT2D eigenvalue weighted by Crippen LogP contribution is -2.21. The first-order valence-corrected chi connectivity index (χ1v) is 24.8. The van der Waals surface area contributed by atoms with Gasteiger partial charge in [-0.05, 0) is 129 Å². The van der Waals surface area contributed by atoms with E-state index in [2.05, 4.69) is 9.97 Å². The Bertz CT molecular complexity index is 3220.